The van der Waals surface area contributed by atoms with Crippen LogP contribution in [-0.2, 0) is 5.41 Å². The van der Waals surface area contributed by atoms with Gasteiger partial charge >= 0.3 is 0 Å². The summed E-state index contributed by atoms with van der Waals surface area (Å²) < 4.78 is 0. The second-order valence-electron chi connectivity index (χ2n) is 6.06. The van der Waals surface area contributed by atoms with E-state index in [2.05, 4.69) is 30.7 Å². The van der Waals surface area contributed by atoms with E-state index in [0.29, 0.717) is 15.4 Å². The van der Waals surface area contributed by atoms with E-state index in [4.69, 9.17) is 23.2 Å². The molecule has 1 aromatic carbocycles. The van der Waals surface area contributed by atoms with Gasteiger partial charge in [0.2, 0.25) is 5.88 Å². The van der Waals surface area contributed by atoms with E-state index in [0.717, 1.165) is 20.8 Å². The number of benzene rings is 1. The maximum absolute atomic E-state index is 10.2. The zero-order valence-electron chi connectivity index (χ0n) is 12.3. The molecule has 114 valence electrons. The summed E-state index contributed by atoms with van der Waals surface area (Å²) >= 11 is 13.7. The van der Waals surface area contributed by atoms with Crippen LogP contribution < -0.4 is 0 Å². The molecule has 0 atom stereocenters. The molecule has 1 N–H and O–H groups in total. The van der Waals surface area contributed by atoms with Gasteiger partial charge in [0.1, 0.15) is 11.2 Å². The van der Waals surface area contributed by atoms with E-state index < -0.39 is 0 Å². The summed E-state index contributed by atoms with van der Waals surface area (Å²) in [5.74, 6) is -0.0159. The Morgan fingerprint density at radius 3 is 2.45 bits per heavy atom. The van der Waals surface area contributed by atoms with Crippen LogP contribution in [0.4, 0.5) is 0 Å². The maximum Gasteiger partial charge on any atom is 0.223 e. The van der Waals surface area contributed by atoms with E-state index in [1.165, 1.54) is 6.33 Å². The predicted molar refractivity (Wildman–Crippen MR) is 93.2 cm³/mol. The summed E-state index contributed by atoms with van der Waals surface area (Å²) in [5, 5.41) is 11.9. The zero-order chi connectivity index (χ0) is 16.1. The highest BCUT2D eigenvalue weighted by atomic mass is 35.5. The minimum atomic E-state index is -0.0980. The molecule has 0 aliphatic rings. The van der Waals surface area contributed by atoms with E-state index in [-0.39, 0.29) is 11.3 Å². The summed E-state index contributed by atoms with van der Waals surface area (Å²) in [4.78, 5) is 10.1. The van der Waals surface area contributed by atoms with Gasteiger partial charge in [-0.3, -0.25) is 0 Å². The molecule has 0 aliphatic carbocycles. The minimum Gasteiger partial charge on any atom is -0.493 e. The maximum atomic E-state index is 10.2. The van der Waals surface area contributed by atoms with Crippen molar-refractivity contribution in [2.24, 2.45) is 0 Å². The monoisotopic (exact) mass is 352 g/mol. The summed E-state index contributed by atoms with van der Waals surface area (Å²) in [6.45, 7) is 6.38. The quantitative estimate of drug-likeness (QED) is 0.613. The van der Waals surface area contributed by atoms with Crippen LogP contribution in [0.25, 0.3) is 21.3 Å². The van der Waals surface area contributed by atoms with Crippen molar-refractivity contribution in [3.8, 4) is 17.0 Å². The second-order valence-corrected chi connectivity index (χ2v) is 7.88. The van der Waals surface area contributed by atoms with Crippen LogP contribution in [0.5, 0.6) is 5.88 Å². The first-order valence-corrected chi connectivity index (χ1v) is 8.28. The Hall–Kier alpha value is -1.36. The van der Waals surface area contributed by atoms with Crippen molar-refractivity contribution in [3.63, 3.8) is 0 Å². The van der Waals surface area contributed by atoms with Crippen LogP contribution in [0.2, 0.25) is 10.0 Å². The van der Waals surface area contributed by atoms with E-state index in [1.807, 2.05) is 12.1 Å². The van der Waals surface area contributed by atoms with Crippen molar-refractivity contribution < 1.29 is 5.11 Å². The Morgan fingerprint density at radius 1 is 1.09 bits per heavy atom. The fourth-order valence-corrected chi connectivity index (χ4v) is 3.89. The highest BCUT2D eigenvalue weighted by molar-refractivity contribution is 7.19. The second kappa shape index (κ2) is 5.37. The third-order valence-electron chi connectivity index (χ3n) is 3.36. The summed E-state index contributed by atoms with van der Waals surface area (Å²) in [6, 6.07) is 5.47. The number of aromatic nitrogens is 2. The Balaban J connectivity index is 2.42. The molecule has 3 nitrogen and oxygen atoms in total. The Kier molecular flexibility index (Phi) is 3.79. The lowest BCUT2D eigenvalue weighted by Crippen LogP contribution is -2.09. The SMILES string of the molecule is CC(C)(C)c1sc2ncnc(O)c2c1-c1ccc(Cl)c(Cl)c1. The molecule has 2 aromatic heterocycles. The Bertz CT molecular complexity index is 868. The fraction of sp³-hybridized carbons (Fsp3) is 0.250. The average molecular weight is 353 g/mol. The van der Waals surface area contributed by atoms with Gasteiger partial charge in [0.15, 0.2) is 0 Å². The molecule has 3 rings (SSSR count). The van der Waals surface area contributed by atoms with Gasteiger partial charge in [-0.15, -0.1) is 11.3 Å². The van der Waals surface area contributed by atoms with Crippen LogP contribution >= 0.6 is 34.5 Å². The highest BCUT2D eigenvalue weighted by Gasteiger charge is 2.26. The van der Waals surface area contributed by atoms with Gasteiger partial charge < -0.3 is 5.11 Å². The fourth-order valence-electron chi connectivity index (χ4n) is 2.37. The van der Waals surface area contributed by atoms with Crippen molar-refractivity contribution in [1.82, 2.24) is 9.97 Å². The zero-order valence-corrected chi connectivity index (χ0v) is 14.6. The van der Waals surface area contributed by atoms with E-state index in [1.54, 1.807) is 17.4 Å². The molecule has 0 unspecified atom stereocenters. The standard InChI is InChI=1S/C16H14Cl2N2OS/c1-16(2,3)13-11(8-4-5-9(17)10(18)6-8)12-14(21)19-7-20-15(12)22-13/h4-7H,1-3H3,(H,19,20,21). The van der Waals surface area contributed by atoms with Gasteiger partial charge in [0.05, 0.1) is 15.4 Å². The molecule has 0 saturated carbocycles. The summed E-state index contributed by atoms with van der Waals surface area (Å²) in [7, 11) is 0. The minimum absolute atomic E-state index is 0.0159. The third kappa shape index (κ3) is 2.56. The largest absolute Gasteiger partial charge is 0.493 e. The molecule has 0 radical (unpaired) electrons. The normalized spacial score (nSPS) is 12.0. The molecule has 22 heavy (non-hydrogen) atoms. The molecule has 0 spiro atoms. The molecule has 0 saturated heterocycles. The third-order valence-corrected chi connectivity index (χ3v) is 5.62. The van der Waals surface area contributed by atoms with Gasteiger partial charge in [0, 0.05) is 10.4 Å². The lowest BCUT2D eigenvalue weighted by atomic mass is 9.88. The summed E-state index contributed by atoms with van der Waals surface area (Å²) in [6.07, 6.45) is 1.37. The lowest BCUT2D eigenvalue weighted by Gasteiger charge is -2.19. The number of halogens is 2. The van der Waals surface area contributed by atoms with Gasteiger partial charge in [-0.1, -0.05) is 50.0 Å². The van der Waals surface area contributed by atoms with Crippen molar-refractivity contribution in [2.45, 2.75) is 26.2 Å². The van der Waals surface area contributed by atoms with Crippen LogP contribution in [0.15, 0.2) is 24.5 Å². The average Bonchev–Trinajstić information content (AvgIpc) is 2.83. The Labute approximate surface area is 142 Å². The Morgan fingerprint density at radius 2 is 1.82 bits per heavy atom. The predicted octanol–water partition coefficient (Wildman–Crippen LogP) is 5.67. The number of fused-ring (bicyclic) bond motifs is 1. The molecule has 2 heterocycles. The first kappa shape index (κ1) is 15.5. The van der Waals surface area contributed by atoms with Crippen molar-refractivity contribution in [1.29, 1.82) is 0 Å². The molecule has 0 fully saturated rings. The van der Waals surface area contributed by atoms with Gasteiger partial charge in [-0.25, -0.2) is 9.97 Å². The van der Waals surface area contributed by atoms with E-state index >= 15 is 0 Å². The highest BCUT2D eigenvalue weighted by Crippen LogP contribution is 2.46. The van der Waals surface area contributed by atoms with Gasteiger partial charge in [0.25, 0.3) is 0 Å². The summed E-state index contributed by atoms with van der Waals surface area (Å²) in [5.41, 5.74) is 1.72. The van der Waals surface area contributed by atoms with Crippen molar-refractivity contribution in [3.05, 3.63) is 39.4 Å². The molecule has 6 heteroatoms. The van der Waals surface area contributed by atoms with Crippen molar-refractivity contribution >= 4 is 44.8 Å². The number of thiophene rings is 1. The molecule has 0 aliphatic heterocycles. The van der Waals surface area contributed by atoms with Crippen LogP contribution in [0.3, 0.4) is 0 Å². The molecule has 0 bridgehead atoms. The number of aromatic hydroxyl groups is 1. The molecular formula is C16H14Cl2N2OS. The van der Waals surface area contributed by atoms with Crippen LogP contribution in [0.1, 0.15) is 25.6 Å². The number of hydrogen-bond acceptors (Lipinski definition) is 4. The van der Waals surface area contributed by atoms with Gasteiger partial charge in [-0.05, 0) is 23.1 Å². The van der Waals surface area contributed by atoms with E-state index in [9.17, 15) is 5.11 Å². The number of rotatable bonds is 1. The first-order valence-electron chi connectivity index (χ1n) is 6.71. The topological polar surface area (TPSA) is 46.0 Å². The molecule has 0 amide bonds. The number of hydrogen-bond donors (Lipinski definition) is 1. The number of nitrogens with zero attached hydrogens (tertiary/aromatic N) is 2. The molecule has 3 aromatic rings. The smallest absolute Gasteiger partial charge is 0.223 e. The molecular weight excluding hydrogens is 339 g/mol. The van der Waals surface area contributed by atoms with Crippen LogP contribution in [0, 0.1) is 0 Å². The lowest BCUT2D eigenvalue weighted by molar-refractivity contribution is 0.459. The van der Waals surface area contributed by atoms with Crippen LogP contribution in [-0.4, -0.2) is 15.1 Å². The first-order chi connectivity index (χ1) is 10.3. The van der Waals surface area contributed by atoms with Crippen molar-refractivity contribution in [2.75, 3.05) is 0 Å². The van der Waals surface area contributed by atoms with Gasteiger partial charge in [-0.2, -0.15) is 0 Å².